The van der Waals surface area contributed by atoms with Crippen molar-refractivity contribution in [1.82, 2.24) is 15.1 Å². The highest BCUT2D eigenvalue weighted by Gasteiger charge is 2.14. The van der Waals surface area contributed by atoms with E-state index in [1.807, 2.05) is 0 Å². The van der Waals surface area contributed by atoms with Crippen LogP contribution in [0.15, 0.2) is 0 Å². The van der Waals surface area contributed by atoms with E-state index in [1.165, 1.54) is 45.6 Å². The van der Waals surface area contributed by atoms with E-state index in [-0.39, 0.29) is 0 Å². The topological polar surface area (TPSA) is 18.3 Å². The second-order valence-corrected chi connectivity index (χ2v) is 4.10. The van der Waals surface area contributed by atoms with Gasteiger partial charge < -0.3 is 15.1 Å². The average molecular weight is 185 g/mol. The molecule has 0 amide bonds. The molecule has 0 aliphatic carbocycles. The van der Waals surface area contributed by atoms with Crippen molar-refractivity contribution in [3.05, 3.63) is 0 Å². The summed E-state index contributed by atoms with van der Waals surface area (Å²) in [6.45, 7) is 7.50. The Balaban J connectivity index is 1.68. The third-order valence-corrected chi connectivity index (χ3v) is 2.33. The first kappa shape index (κ1) is 11.0. The van der Waals surface area contributed by atoms with Crippen LogP contribution >= 0.6 is 0 Å². The Labute approximate surface area is 82.1 Å². The number of nitrogens with zero attached hydrogens (tertiary/aromatic N) is 2. The quantitative estimate of drug-likeness (QED) is 0.431. The molecular formula is C10H23N3. The van der Waals surface area contributed by atoms with Gasteiger partial charge in [0.25, 0.3) is 0 Å². The number of rotatable bonds is 8. The van der Waals surface area contributed by atoms with Crippen LogP contribution in [0.5, 0.6) is 0 Å². The van der Waals surface area contributed by atoms with Gasteiger partial charge in [0.05, 0.1) is 0 Å². The monoisotopic (exact) mass is 185 g/mol. The van der Waals surface area contributed by atoms with E-state index in [0.717, 1.165) is 6.54 Å². The lowest BCUT2D eigenvalue weighted by Crippen LogP contribution is -2.23. The van der Waals surface area contributed by atoms with Crippen molar-refractivity contribution in [2.75, 3.05) is 53.4 Å². The van der Waals surface area contributed by atoms with Crippen molar-refractivity contribution in [3.8, 4) is 0 Å². The van der Waals surface area contributed by atoms with E-state index in [9.17, 15) is 0 Å². The molecule has 1 saturated heterocycles. The van der Waals surface area contributed by atoms with E-state index in [0.29, 0.717) is 0 Å². The molecule has 3 heteroatoms. The fraction of sp³-hybridized carbons (Fsp3) is 1.00. The zero-order valence-corrected chi connectivity index (χ0v) is 9.05. The number of hydrogen-bond acceptors (Lipinski definition) is 3. The molecule has 0 aromatic carbocycles. The van der Waals surface area contributed by atoms with Gasteiger partial charge in [-0.2, -0.15) is 0 Å². The number of nitrogens with one attached hydrogen (secondary N) is 1. The van der Waals surface area contributed by atoms with E-state index in [1.54, 1.807) is 0 Å². The first-order valence-corrected chi connectivity index (χ1v) is 5.37. The van der Waals surface area contributed by atoms with Crippen molar-refractivity contribution >= 4 is 0 Å². The molecule has 0 bridgehead atoms. The molecule has 78 valence electrons. The van der Waals surface area contributed by atoms with Crippen LogP contribution in [-0.2, 0) is 0 Å². The molecule has 1 aliphatic heterocycles. The fourth-order valence-electron chi connectivity index (χ4n) is 1.37. The summed E-state index contributed by atoms with van der Waals surface area (Å²) in [5, 5.41) is 3.47. The molecule has 1 rings (SSSR count). The highest BCUT2D eigenvalue weighted by Crippen LogP contribution is 2.02. The summed E-state index contributed by atoms with van der Waals surface area (Å²) in [5.41, 5.74) is 0. The molecule has 3 nitrogen and oxygen atoms in total. The summed E-state index contributed by atoms with van der Waals surface area (Å²) in [4.78, 5) is 4.71. The SMILES string of the molecule is CN(C)CCCNCCCN1CC1. The van der Waals surface area contributed by atoms with Crippen molar-refractivity contribution < 1.29 is 0 Å². The van der Waals surface area contributed by atoms with Gasteiger partial charge in [0.2, 0.25) is 0 Å². The van der Waals surface area contributed by atoms with Crippen molar-refractivity contribution in [2.24, 2.45) is 0 Å². The molecule has 1 heterocycles. The Morgan fingerprint density at radius 1 is 1.15 bits per heavy atom. The van der Waals surface area contributed by atoms with Crippen LogP contribution in [0.3, 0.4) is 0 Å². The van der Waals surface area contributed by atoms with Crippen LogP contribution in [0.25, 0.3) is 0 Å². The highest BCUT2D eigenvalue weighted by atomic mass is 15.2. The van der Waals surface area contributed by atoms with Crippen LogP contribution in [0.4, 0.5) is 0 Å². The van der Waals surface area contributed by atoms with E-state index in [4.69, 9.17) is 0 Å². The minimum absolute atomic E-state index is 1.16. The molecule has 13 heavy (non-hydrogen) atoms. The molecule has 0 aromatic heterocycles. The molecule has 1 fully saturated rings. The molecular weight excluding hydrogens is 162 g/mol. The maximum absolute atomic E-state index is 3.47. The van der Waals surface area contributed by atoms with Gasteiger partial charge >= 0.3 is 0 Å². The summed E-state index contributed by atoms with van der Waals surface area (Å²) in [6, 6.07) is 0. The van der Waals surface area contributed by atoms with Gasteiger partial charge in [0, 0.05) is 13.1 Å². The third-order valence-electron chi connectivity index (χ3n) is 2.33. The Bertz CT molecular complexity index is 115. The third kappa shape index (κ3) is 6.99. The first-order chi connectivity index (χ1) is 6.29. The zero-order chi connectivity index (χ0) is 9.52. The van der Waals surface area contributed by atoms with E-state index < -0.39 is 0 Å². The van der Waals surface area contributed by atoms with Crippen molar-refractivity contribution in [1.29, 1.82) is 0 Å². The maximum atomic E-state index is 3.47. The fourth-order valence-corrected chi connectivity index (χ4v) is 1.37. The smallest absolute Gasteiger partial charge is 0.0110 e. The molecule has 0 radical (unpaired) electrons. The second kappa shape index (κ2) is 6.35. The standard InChI is InChI=1S/C10H23N3/c1-12(2)7-3-5-11-6-4-8-13-9-10-13/h11H,3-10H2,1-2H3. The maximum Gasteiger partial charge on any atom is 0.0110 e. The van der Waals surface area contributed by atoms with Crippen LogP contribution < -0.4 is 5.32 Å². The van der Waals surface area contributed by atoms with Gasteiger partial charge in [0.15, 0.2) is 0 Å². The first-order valence-electron chi connectivity index (χ1n) is 5.37. The zero-order valence-electron chi connectivity index (χ0n) is 9.05. The minimum Gasteiger partial charge on any atom is -0.317 e. The van der Waals surface area contributed by atoms with Crippen LogP contribution in [0, 0.1) is 0 Å². The molecule has 0 saturated carbocycles. The molecule has 1 N–H and O–H groups in total. The van der Waals surface area contributed by atoms with Gasteiger partial charge in [-0.3, -0.25) is 0 Å². The van der Waals surface area contributed by atoms with Gasteiger partial charge in [0.1, 0.15) is 0 Å². The Hall–Kier alpha value is -0.120. The largest absolute Gasteiger partial charge is 0.317 e. The summed E-state index contributed by atoms with van der Waals surface area (Å²) in [7, 11) is 4.25. The lowest BCUT2D eigenvalue weighted by molar-refractivity contribution is 0.393. The van der Waals surface area contributed by atoms with Crippen LogP contribution in [0.2, 0.25) is 0 Å². The van der Waals surface area contributed by atoms with E-state index >= 15 is 0 Å². The Morgan fingerprint density at radius 3 is 2.46 bits per heavy atom. The molecule has 0 atom stereocenters. The molecule has 0 aromatic rings. The molecule has 1 aliphatic rings. The van der Waals surface area contributed by atoms with Crippen molar-refractivity contribution in [3.63, 3.8) is 0 Å². The normalized spacial score (nSPS) is 16.8. The Kier molecular flexibility index (Phi) is 5.35. The van der Waals surface area contributed by atoms with Gasteiger partial charge in [-0.25, -0.2) is 0 Å². The highest BCUT2D eigenvalue weighted by molar-refractivity contribution is 4.71. The summed E-state index contributed by atoms with van der Waals surface area (Å²) in [5.74, 6) is 0. The predicted octanol–water partition coefficient (Wildman–Crippen LogP) is 0.233. The summed E-state index contributed by atoms with van der Waals surface area (Å²) < 4.78 is 0. The van der Waals surface area contributed by atoms with E-state index in [2.05, 4.69) is 29.2 Å². The summed E-state index contributed by atoms with van der Waals surface area (Å²) >= 11 is 0. The van der Waals surface area contributed by atoms with Gasteiger partial charge in [-0.1, -0.05) is 0 Å². The molecule has 0 spiro atoms. The second-order valence-electron chi connectivity index (χ2n) is 4.10. The lowest BCUT2D eigenvalue weighted by Gasteiger charge is -2.09. The lowest BCUT2D eigenvalue weighted by atomic mass is 10.3. The van der Waals surface area contributed by atoms with Gasteiger partial charge in [-0.15, -0.1) is 0 Å². The number of hydrogen-bond donors (Lipinski definition) is 1. The molecule has 0 unspecified atom stereocenters. The van der Waals surface area contributed by atoms with Crippen LogP contribution in [0.1, 0.15) is 12.8 Å². The summed E-state index contributed by atoms with van der Waals surface area (Å²) in [6.07, 6.45) is 2.57. The van der Waals surface area contributed by atoms with Gasteiger partial charge in [-0.05, 0) is 53.1 Å². The Morgan fingerprint density at radius 2 is 1.85 bits per heavy atom. The van der Waals surface area contributed by atoms with Crippen molar-refractivity contribution in [2.45, 2.75) is 12.8 Å². The van der Waals surface area contributed by atoms with Crippen LogP contribution in [-0.4, -0.2) is 63.2 Å². The minimum atomic E-state index is 1.16. The average Bonchev–Trinajstić information content (AvgIpc) is 2.86. The predicted molar refractivity (Wildman–Crippen MR) is 57.1 cm³/mol.